The van der Waals surface area contributed by atoms with Gasteiger partial charge in [0.2, 0.25) is 0 Å². The number of hydrogen-bond acceptors (Lipinski definition) is 4. The van der Waals surface area contributed by atoms with Gasteiger partial charge in [0.05, 0.1) is 6.10 Å². The van der Waals surface area contributed by atoms with E-state index in [1.165, 1.54) is 0 Å². The summed E-state index contributed by atoms with van der Waals surface area (Å²) in [7, 11) is 0. The fourth-order valence-electron chi connectivity index (χ4n) is 3.28. The molecule has 5 heteroatoms. The Morgan fingerprint density at radius 1 is 0.962 bits per heavy atom. The number of carbonyl (C=O) groups is 3. The van der Waals surface area contributed by atoms with Crippen molar-refractivity contribution in [1.29, 1.82) is 0 Å². The molecular weight excluding hydrogens is 332 g/mol. The van der Waals surface area contributed by atoms with Crippen molar-refractivity contribution in [1.82, 2.24) is 0 Å². The van der Waals surface area contributed by atoms with Crippen LogP contribution < -0.4 is 0 Å². The Balaban J connectivity index is 0. The molecule has 0 heterocycles. The molecule has 0 amide bonds. The summed E-state index contributed by atoms with van der Waals surface area (Å²) in [6.07, 6.45) is 5.42. The number of carbonyl (C=O) groups excluding carboxylic acids is 2. The maximum absolute atomic E-state index is 12.0. The van der Waals surface area contributed by atoms with Crippen molar-refractivity contribution in [2.75, 3.05) is 0 Å². The van der Waals surface area contributed by atoms with Gasteiger partial charge in [-0.15, -0.1) is 0 Å². The summed E-state index contributed by atoms with van der Waals surface area (Å²) in [4.78, 5) is 33.8. The quantitative estimate of drug-likeness (QED) is 0.509. The fourth-order valence-corrected chi connectivity index (χ4v) is 3.28. The molecule has 1 fully saturated rings. The van der Waals surface area contributed by atoms with Gasteiger partial charge in [-0.1, -0.05) is 53.9 Å². The molecule has 1 aliphatic rings. The zero-order valence-electron chi connectivity index (χ0n) is 17.4. The van der Waals surface area contributed by atoms with Crippen LogP contribution in [0.2, 0.25) is 0 Å². The van der Waals surface area contributed by atoms with Crippen molar-refractivity contribution in [2.45, 2.75) is 105 Å². The lowest BCUT2D eigenvalue weighted by atomic mass is 9.85. The molecule has 1 rings (SSSR count). The Morgan fingerprint density at radius 2 is 1.54 bits per heavy atom. The van der Waals surface area contributed by atoms with Crippen LogP contribution in [0.3, 0.4) is 0 Å². The summed E-state index contributed by atoms with van der Waals surface area (Å²) in [5.74, 6) is -0.679. The van der Waals surface area contributed by atoms with Crippen LogP contribution in [0, 0.1) is 11.8 Å². The topological polar surface area (TPSA) is 91.7 Å². The number of unbranched alkanes of at least 4 members (excludes halogenated alkanes) is 3. The minimum atomic E-state index is -0.769. The van der Waals surface area contributed by atoms with Crippen LogP contribution in [0.5, 0.6) is 0 Å². The van der Waals surface area contributed by atoms with Crippen LogP contribution >= 0.6 is 0 Å². The van der Waals surface area contributed by atoms with Crippen LogP contribution in [-0.2, 0) is 14.4 Å². The van der Waals surface area contributed by atoms with Crippen molar-refractivity contribution < 1.29 is 24.6 Å². The second-order valence-corrected chi connectivity index (χ2v) is 6.29. The number of aliphatic hydroxyl groups is 1. The molecule has 3 atom stereocenters. The lowest BCUT2D eigenvalue weighted by Crippen LogP contribution is -2.21. The van der Waals surface area contributed by atoms with Gasteiger partial charge in [0, 0.05) is 31.6 Å². The first kappa shape index (κ1) is 27.0. The number of hydrogen-bond donors (Lipinski definition) is 2. The zero-order chi connectivity index (χ0) is 20.5. The largest absolute Gasteiger partial charge is 0.481 e. The number of ketones is 2. The summed E-state index contributed by atoms with van der Waals surface area (Å²) in [6, 6.07) is 0. The molecule has 0 aromatic heterocycles. The molecule has 0 aromatic rings. The summed E-state index contributed by atoms with van der Waals surface area (Å²) in [5.41, 5.74) is 0. The zero-order valence-corrected chi connectivity index (χ0v) is 17.4. The number of carboxylic acids is 1. The molecule has 0 radical (unpaired) electrons. The Bertz CT molecular complexity index is 392. The normalized spacial score (nSPS) is 21.3. The van der Waals surface area contributed by atoms with Gasteiger partial charge in [-0.3, -0.25) is 14.4 Å². The number of Topliss-reactive ketones (excluding diaryl/α,β-unsaturated/α-hetero) is 2. The second-order valence-electron chi connectivity index (χ2n) is 6.29. The highest BCUT2D eigenvalue weighted by Gasteiger charge is 2.40. The van der Waals surface area contributed by atoms with E-state index in [-0.39, 0.29) is 36.2 Å². The number of rotatable bonds is 11. The lowest BCUT2D eigenvalue weighted by molar-refractivity contribution is -0.137. The van der Waals surface area contributed by atoms with Gasteiger partial charge >= 0.3 is 5.97 Å². The van der Waals surface area contributed by atoms with E-state index in [4.69, 9.17) is 5.11 Å². The van der Waals surface area contributed by atoms with E-state index in [1.807, 2.05) is 34.6 Å². The van der Waals surface area contributed by atoms with Gasteiger partial charge in [-0.25, -0.2) is 0 Å². The van der Waals surface area contributed by atoms with E-state index in [9.17, 15) is 19.5 Å². The summed E-state index contributed by atoms with van der Waals surface area (Å²) >= 11 is 0. The maximum Gasteiger partial charge on any atom is 0.303 e. The van der Waals surface area contributed by atoms with Crippen LogP contribution in [-0.4, -0.2) is 33.9 Å². The van der Waals surface area contributed by atoms with Gasteiger partial charge in [0.15, 0.2) is 0 Å². The fraction of sp³-hybridized carbons (Fsp3) is 0.857. The highest BCUT2D eigenvalue weighted by atomic mass is 16.4. The molecule has 0 aromatic carbocycles. The average molecular weight is 373 g/mol. The highest BCUT2D eigenvalue weighted by Crippen LogP contribution is 2.36. The molecule has 5 nitrogen and oxygen atoms in total. The molecule has 0 spiro atoms. The van der Waals surface area contributed by atoms with E-state index in [0.717, 1.165) is 25.7 Å². The van der Waals surface area contributed by atoms with Crippen molar-refractivity contribution >= 4 is 17.5 Å². The third-order valence-electron chi connectivity index (χ3n) is 4.64. The predicted molar refractivity (Wildman–Crippen MR) is 105 cm³/mol. The number of aliphatic hydroxyl groups excluding tert-OH is 1. The average Bonchev–Trinajstić information content (AvgIpc) is 2.91. The van der Waals surface area contributed by atoms with Gasteiger partial charge in [-0.2, -0.15) is 0 Å². The van der Waals surface area contributed by atoms with Crippen molar-refractivity contribution in [2.24, 2.45) is 11.8 Å². The van der Waals surface area contributed by atoms with Crippen LogP contribution in [0.1, 0.15) is 98.8 Å². The van der Waals surface area contributed by atoms with Gasteiger partial charge < -0.3 is 10.2 Å². The van der Waals surface area contributed by atoms with E-state index in [0.29, 0.717) is 25.7 Å². The smallest absolute Gasteiger partial charge is 0.303 e. The molecule has 26 heavy (non-hydrogen) atoms. The van der Waals surface area contributed by atoms with Gasteiger partial charge in [0.1, 0.15) is 11.6 Å². The molecule has 3 unspecified atom stereocenters. The molecule has 0 bridgehead atoms. The highest BCUT2D eigenvalue weighted by molar-refractivity contribution is 5.84. The Kier molecular flexibility index (Phi) is 17.9. The third kappa shape index (κ3) is 11.4. The van der Waals surface area contributed by atoms with E-state index in [1.54, 1.807) is 0 Å². The first-order valence-electron chi connectivity index (χ1n) is 10.4. The third-order valence-corrected chi connectivity index (χ3v) is 4.64. The molecular formula is C21H40O5. The first-order chi connectivity index (χ1) is 12.5. The second kappa shape index (κ2) is 17.2. The summed E-state index contributed by atoms with van der Waals surface area (Å²) < 4.78 is 0. The lowest BCUT2D eigenvalue weighted by Gasteiger charge is -2.20. The van der Waals surface area contributed by atoms with E-state index < -0.39 is 12.1 Å². The van der Waals surface area contributed by atoms with E-state index >= 15 is 0 Å². The molecule has 154 valence electrons. The summed E-state index contributed by atoms with van der Waals surface area (Å²) in [5, 5.41) is 18.6. The molecule has 0 aliphatic heterocycles. The van der Waals surface area contributed by atoms with Crippen LogP contribution in [0.15, 0.2) is 0 Å². The number of aliphatic carboxylic acids is 1. The SMILES string of the molecule is CC.CC.CCC(=O)CCC1C(O)CC(=O)C1CCCCCCC(=O)O. The van der Waals surface area contributed by atoms with Crippen molar-refractivity contribution in [3.63, 3.8) is 0 Å². The monoisotopic (exact) mass is 372 g/mol. The van der Waals surface area contributed by atoms with Gasteiger partial charge in [-0.05, 0) is 25.2 Å². The Hall–Kier alpha value is -1.23. The maximum atomic E-state index is 12.0. The van der Waals surface area contributed by atoms with Gasteiger partial charge in [0.25, 0.3) is 0 Å². The van der Waals surface area contributed by atoms with Crippen LogP contribution in [0.25, 0.3) is 0 Å². The Morgan fingerprint density at radius 3 is 2.08 bits per heavy atom. The molecule has 1 saturated carbocycles. The van der Waals surface area contributed by atoms with E-state index in [2.05, 4.69) is 0 Å². The van der Waals surface area contributed by atoms with Crippen molar-refractivity contribution in [3.8, 4) is 0 Å². The van der Waals surface area contributed by atoms with Crippen molar-refractivity contribution in [3.05, 3.63) is 0 Å². The van der Waals surface area contributed by atoms with Crippen LogP contribution in [0.4, 0.5) is 0 Å². The Labute approximate surface area is 159 Å². The molecule has 2 N–H and O–H groups in total. The molecule has 0 saturated heterocycles. The molecule has 1 aliphatic carbocycles. The standard InChI is InChI=1S/C17H28O5.2C2H6/c1-2-12(18)9-10-14-13(15(19)11-16(14)20)7-5-3-4-6-8-17(21)22;2*1-2/h13-14,16,20H,2-11H2,1H3,(H,21,22);2*1-2H3. The minimum absolute atomic E-state index is 0.0815. The summed E-state index contributed by atoms with van der Waals surface area (Å²) in [6.45, 7) is 9.83. The minimum Gasteiger partial charge on any atom is -0.481 e. The predicted octanol–water partition coefficient (Wildman–Crippen LogP) is 4.79. The number of carboxylic acid groups (broad SMARTS) is 1. The first-order valence-corrected chi connectivity index (χ1v) is 10.4.